The van der Waals surface area contributed by atoms with Gasteiger partial charge < -0.3 is 9.64 Å². The van der Waals surface area contributed by atoms with E-state index in [2.05, 4.69) is 21.9 Å². The van der Waals surface area contributed by atoms with Gasteiger partial charge in [-0.25, -0.2) is 15.0 Å². The van der Waals surface area contributed by atoms with Gasteiger partial charge >= 0.3 is 6.01 Å². The highest BCUT2D eigenvalue weighted by Crippen LogP contribution is 2.20. The number of nitrogens with zero attached hydrogens (tertiary/aromatic N) is 4. The lowest BCUT2D eigenvalue weighted by atomic mass is 10.1. The van der Waals surface area contributed by atoms with Gasteiger partial charge in [-0.15, -0.1) is 11.3 Å². The monoisotopic (exact) mass is 332 g/mol. The molecule has 2 aromatic heterocycles. The summed E-state index contributed by atoms with van der Waals surface area (Å²) in [6, 6.07) is 0.385. The number of aromatic nitrogens is 3. The number of thiazole rings is 1. The summed E-state index contributed by atoms with van der Waals surface area (Å²) >= 11 is 1.39. The summed E-state index contributed by atoms with van der Waals surface area (Å²) in [6.07, 6.45) is 6.24. The molecular weight excluding hydrogens is 312 g/mol. The van der Waals surface area contributed by atoms with Crippen LogP contribution in [0.15, 0.2) is 17.9 Å². The predicted molar refractivity (Wildman–Crippen MR) is 87.8 cm³/mol. The van der Waals surface area contributed by atoms with E-state index in [0.717, 1.165) is 37.1 Å². The number of carbonyl (C=O) groups excluding carboxylic acids is 1. The van der Waals surface area contributed by atoms with Crippen molar-refractivity contribution in [1.82, 2.24) is 19.9 Å². The van der Waals surface area contributed by atoms with E-state index in [9.17, 15) is 4.79 Å². The van der Waals surface area contributed by atoms with E-state index in [0.29, 0.717) is 17.4 Å². The van der Waals surface area contributed by atoms with Gasteiger partial charge in [0.1, 0.15) is 11.0 Å². The Balaban J connectivity index is 1.63. The van der Waals surface area contributed by atoms with Crippen LogP contribution in [-0.4, -0.2) is 45.0 Å². The van der Waals surface area contributed by atoms with Crippen molar-refractivity contribution in [2.24, 2.45) is 0 Å². The molecule has 122 valence electrons. The summed E-state index contributed by atoms with van der Waals surface area (Å²) in [7, 11) is 0. The quantitative estimate of drug-likeness (QED) is 0.860. The minimum Gasteiger partial charge on any atom is -0.458 e. The van der Waals surface area contributed by atoms with Gasteiger partial charge in [-0.3, -0.25) is 4.79 Å². The topological polar surface area (TPSA) is 68.2 Å². The van der Waals surface area contributed by atoms with Crippen molar-refractivity contribution < 1.29 is 9.53 Å². The van der Waals surface area contributed by atoms with Crippen molar-refractivity contribution in [1.29, 1.82) is 0 Å². The first-order valence-electron chi connectivity index (χ1n) is 7.84. The summed E-state index contributed by atoms with van der Waals surface area (Å²) in [5.41, 5.74) is 3.59. The number of piperidine rings is 1. The average Bonchev–Trinajstić information content (AvgIpc) is 3.01. The first-order chi connectivity index (χ1) is 11.2. The zero-order chi connectivity index (χ0) is 16.2. The molecule has 1 unspecified atom stereocenters. The number of ether oxygens (including phenoxy) is 1. The van der Waals surface area contributed by atoms with Gasteiger partial charge in [-0.2, -0.15) is 0 Å². The standard InChI is InChI=1S/C16H20N4O2S/c1-3-12-7-17-16(18-8-12)22-13-5-4-6-20(9-13)15(21)14-11(2)19-10-23-14/h7-8,10,13H,3-6,9H2,1-2H3. The second-order valence-electron chi connectivity index (χ2n) is 5.63. The normalized spacial score (nSPS) is 18.0. The van der Waals surface area contributed by atoms with Crippen molar-refractivity contribution in [3.8, 4) is 6.01 Å². The molecule has 2 aromatic rings. The van der Waals surface area contributed by atoms with Gasteiger partial charge in [-0.05, 0) is 31.7 Å². The van der Waals surface area contributed by atoms with Gasteiger partial charge in [-0.1, -0.05) is 6.92 Å². The van der Waals surface area contributed by atoms with Crippen LogP contribution in [0.2, 0.25) is 0 Å². The fourth-order valence-electron chi connectivity index (χ4n) is 2.61. The van der Waals surface area contributed by atoms with Crippen molar-refractivity contribution in [2.75, 3.05) is 13.1 Å². The number of hydrogen-bond acceptors (Lipinski definition) is 6. The highest BCUT2D eigenvalue weighted by molar-refractivity contribution is 7.11. The summed E-state index contributed by atoms with van der Waals surface area (Å²) in [4.78, 5) is 27.8. The van der Waals surface area contributed by atoms with Crippen LogP contribution in [0.25, 0.3) is 0 Å². The van der Waals surface area contributed by atoms with E-state index in [-0.39, 0.29) is 12.0 Å². The van der Waals surface area contributed by atoms with E-state index < -0.39 is 0 Å². The van der Waals surface area contributed by atoms with Crippen molar-refractivity contribution in [2.45, 2.75) is 39.2 Å². The van der Waals surface area contributed by atoms with E-state index in [1.807, 2.05) is 11.8 Å². The Bertz CT molecular complexity index is 671. The number of amides is 1. The van der Waals surface area contributed by atoms with E-state index in [4.69, 9.17) is 4.74 Å². The first kappa shape index (κ1) is 15.9. The molecule has 0 N–H and O–H groups in total. The molecule has 7 heteroatoms. The molecule has 0 aromatic carbocycles. The average molecular weight is 332 g/mol. The lowest BCUT2D eigenvalue weighted by Gasteiger charge is -2.32. The van der Waals surface area contributed by atoms with Crippen LogP contribution < -0.4 is 4.74 Å². The number of carbonyl (C=O) groups is 1. The van der Waals surface area contributed by atoms with Crippen LogP contribution in [0.4, 0.5) is 0 Å². The molecule has 0 radical (unpaired) electrons. The third-order valence-corrected chi connectivity index (χ3v) is 4.88. The number of aryl methyl sites for hydroxylation is 2. The molecule has 1 aliphatic rings. The summed E-state index contributed by atoms with van der Waals surface area (Å²) < 4.78 is 5.85. The van der Waals surface area contributed by atoms with E-state index in [1.165, 1.54) is 11.3 Å². The Morgan fingerprint density at radius 3 is 2.83 bits per heavy atom. The number of hydrogen-bond donors (Lipinski definition) is 0. The number of rotatable bonds is 4. The Kier molecular flexibility index (Phi) is 4.85. The Morgan fingerprint density at radius 2 is 2.17 bits per heavy atom. The smallest absolute Gasteiger partial charge is 0.316 e. The molecule has 0 spiro atoms. The second-order valence-corrected chi connectivity index (χ2v) is 6.48. The van der Waals surface area contributed by atoms with Gasteiger partial charge in [0, 0.05) is 18.9 Å². The highest BCUT2D eigenvalue weighted by Gasteiger charge is 2.27. The first-order valence-corrected chi connectivity index (χ1v) is 8.72. The lowest BCUT2D eigenvalue weighted by Crippen LogP contribution is -2.44. The molecule has 3 heterocycles. The van der Waals surface area contributed by atoms with Crippen LogP contribution in [0, 0.1) is 6.92 Å². The van der Waals surface area contributed by atoms with Gasteiger partial charge in [0.05, 0.1) is 17.7 Å². The molecule has 6 nitrogen and oxygen atoms in total. The Hall–Kier alpha value is -2.02. The zero-order valence-electron chi connectivity index (χ0n) is 13.4. The van der Waals surface area contributed by atoms with Crippen molar-refractivity contribution >= 4 is 17.2 Å². The van der Waals surface area contributed by atoms with Crippen LogP contribution in [0.1, 0.15) is 40.7 Å². The third-order valence-electron chi connectivity index (χ3n) is 3.97. The molecule has 1 saturated heterocycles. The summed E-state index contributed by atoms with van der Waals surface area (Å²) in [5, 5.41) is 0. The van der Waals surface area contributed by atoms with Crippen LogP contribution in [-0.2, 0) is 6.42 Å². The Labute approximate surface area is 139 Å². The highest BCUT2D eigenvalue weighted by atomic mass is 32.1. The van der Waals surface area contributed by atoms with Crippen molar-refractivity contribution in [3.05, 3.63) is 34.0 Å². The van der Waals surface area contributed by atoms with Crippen LogP contribution >= 0.6 is 11.3 Å². The lowest BCUT2D eigenvalue weighted by molar-refractivity contribution is 0.0519. The predicted octanol–water partition coefficient (Wildman–Crippen LogP) is 2.49. The molecule has 1 amide bonds. The fraction of sp³-hybridized carbons (Fsp3) is 0.500. The van der Waals surface area contributed by atoms with Crippen LogP contribution in [0.3, 0.4) is 0 Å². The minimum atomic E-state index is -0.0617. The molecule has 1 atom stereocenters. The van der Waals surface area contributed by atoms with E-state index >= 15 is 0 Å². The van der Waals surface area contributed by atoms with Crippen molar-refractivity contribution in [3.63, 3.8) is 0 Å². The third kappa shape index (κ3) is 3.67. The molecule has 1 fully saturated rings. The second kappa shape index (κ2) is 7.04. The largest absolute Gasteiger partial charge is 0.458 e. The molecule has 3 rings (SSSR count). The van der Waals surface area contributed by atoms with E-state index in [1.54, 1.807) is 17.9 Å². The van der Waals surface area contributed by atoms with Gasteiger partial charge in [0.15, 0.2) is 0 Å². The maximum Gasteiger partial charge on any atom is 0.316 e. The van der Waals surface area contributed by atoms with Gasteiger partial charge in [0.25, 0.3) is 5.91 Å². The summed E-state index contributed by atoms with van der Waals surface area (Å²) in [6.45, 7) is 5.25. The van der Waals surface area contributed by atoms with Gasteiger partial charge in [0.2, 0.25) is 0 Å². The maximum absolute atomic E-state index is 12.6. The molecule has 0 bridgehead atoms. The molecule has 0 saturated carbocycles. The number of likely N-dealkylation sites (tertiary alicyclic amines) is 1. The maximum atomic E-state index is 12.6. The fourth-order valence-corrected chi connectivity index (χ4v) is 3.37. The van der Waals surface area contributed by atoms with Crippen LogP contribution in [0.5, 0.6) is 6.01 Å². The SMILES string of the molecule is CCc1cnc(OC2CCCN(C(=O)c3scnc3C)C2)nc1. The molecular formula is C16H20N4O2S. The molecule has 0 aliphatic carbocycles. The Morgan fingerprint density at radius 1 is 1.39 bits per heavy atom. The molecule has 1 aliphatic heterocycles. The zero-order valence-corrected chi connectivity index (χ0v) is 14.2. The molecule has 23 heavy (non-hydrogen) atoms. The summed E-state index contributed by atoms with van der Waals surface area (Å²) in [5.74, 6) is 0.0422. The minimum absolute atomic E-state index is 0.0422.